The zero-order chi connectivity index (χ0) is 9.68. The van der Waals surface area contributed by atoms with Crippen LogP contribution in [0.25, 0.3) is 0 Å². The molecule has 1 rings (SSSR count). The lowest BCUT2D eigenvalue weighted by atomic mass is 10.0. The third kappa shape index (κ3) is 2.85. The molecule has 1 aromatic carbocycles. The van der Waals surface area contributed by atoms with Gasteiger partial charge in [0.2, 0.25) is 0 Å². The highest BCUT2D eigenvalue weighted by atomic mass is 16.3. The Morgan fingerprint density at radius 1 is 1.31 bits per heavy atom. The number of rotatable bonds is 4. The molecule has 0 aliphatic heterocycles. The second kappa shape index (κ2) is 5.03. The van der Waals surface area contributed by atoms with Gasteiger partial charge in [-0.15, -0.1) is 0 Å². The Kier molecular flexibility index (Phi) is 3.97. The number of benzene rings is 1. The van der Waals surface area contributed by atoms with Crippen LogP contribution in [0.3, 0.4) is 0 Å². The Labute approximate surface area is 80.4 Å². The average Bonchev–Trinajstić information content (AvgIpc) is 2.18. The van der Waals surface area contributed by atoms with E-state index in [1.54, 1.807) is 0 Å². The van der Waals surface area contributed by atoms with Gasteiger partial charge in [-0.1, -0.05) is 44.5 Å². The van der Waals surface area contributed by atoms with Gasteiger partial charge < -0.3 is 5.11 Å². The largest absolute Gasteiger partial charge is 0.388 e. The van der Waals surface area contributed by atoms with E-state index < -0.39 is 0 Å². The Morgan fingerprint density at radius 3 is 2.69 bits per heavy atom. The summed E-state index contributed by atoms with van der Waals surface area (Å²) in [4.78, 5) is 0. The molecule has 72 valence electrons. The van der Waals surface area contributed by atoms with Crippen molar-refractivity contribution in [1.82, 2.24) is 0 Å². The SMILES string of the molecule is CCCc1cccc(C(O)CC)c1. The van der Waals surface area contributed by atoms with Crippen molar-refractivity contribution < 1.29 is 5.11 Å². The number of aliphatic hydroxyl groups is 1. The minimum absolute atomic E-state index is 0.295. The van der Waals surface area contributed by atoms with Crippen molar-refractivity contribution in [3.63, 3.8) is 0 Å². The van der Waals surface area contributed by atoms with Gasteiger partial charge in [0.25, 0.3) is 0 Å². The molecule has 0 fully saturated rings. The molecular weight excluding hydrogens is 160 g/mol. The van der Waals surface area contributed by atoms with Crippen LogP contribution in [0.15, 0.2) is 24.3 Å². The van der Waals surface area contributed by atoms with E-state index in [9.17, 15) is 5.11 Å². The molecule has 1 unspecified atom stereocenters. The average molecular weight is 178 g/mol. The lowest BCUT2D eigenvalue weighted by molar-refractivity contribution is 0.173. The van der Waals surface area contributed by atoms with Crippen molar-refractivity contribution in [2.24, 2.45) is 0 Å². The van der Waals surface area contributed by atoms with Crippen LogP contribution >= 0.6 is 0 Å². The number of aryl methyl sites for hydroxylation is 1. The monoisotopic (exact) mass is 178 g/mol. The number of hydrogen-bond donors (Lipinski definition) is 1. The molecule has 13 heavy (non-hydrogen) atoms. The Morgan fingerprint density at radius 2 is 2.08 bits per heavy atom. The third-order valence-corrected chi connectivity index (χ3v) is 2.26. The topological polar surface area (TPSA) is 20.2 Å². The fourth-order valence-corrected chi connectivity index (χ4v) is 1.48. The summed E-state index contributed by atoms with van der Waals surface area (Å²) in [6, 6.07) is 8.25. The highest BCUT2D eigenvalue weighted by Gasteiger charge is 2.04. The van der Waals surface area contributed by atoms with Crippen molar-refractivity contribution in [3.05, 3.63) is 35.4 Å². The first kappa shape index (κ1) is 10.3. The Bertz CT molecular complexity index is 255. The molecule has 1 heteroatoms. The van der Waals surface area contributed by atoms with Gasteiger partial charge in [0.15, 0.2) is 0 Å². The van der Waals surface area contributed by atoms with Crippen molar-refractivity contribution >= 4 is 0 Å². The van der Waals surface area contributed by atoms with Crippen LogP contribution in [0.4, 0.5) is 0 Å². The number of hydrogen-bond acceptors (Lipinski definition) is 1. The van der Waals surface area contributed by atoms with Crippen LogP contribution in [-0.2, 0) is 6.42 Å². The van der Waals surface area contributed by atoms with E-state index in [4.69, 9.17) is 0 Å². The van der Waals surface area contributed by atoms with Crippen LogP contribution in [-0.4, -0.2) is 5.11 Å². The van der Waals surface area contributed by atoms with E-state index in [0.29, 0.717) is 0 Å². The van der Waals surface area contributed by atoms with Gasteiger partial charge in [0.05, 0.1) is 6.10 Å². The van der Waals surface area contributed by atoms with E-state index in [1.165, 1.54) is 5.56 Å². The molecule has 0 spiro atoms. The van der Waals surface area contributed by atoms with Crippen molar-refractivity contribution in [2.45, 2.75) is 39.2 Å². The fraction of sp³-hybridized carbons (Fsp3) is 0.500. The van der Waals surface area contributed by atoms with Gasteiger partial charge in [0, 0.05) is 0 Å². The molecule has 0 heterocycles. The normalized spacial score (nSPS) is 12.8. The predicted octanol–water partition coefficient (Wildman–Crippen LogP) is 3.08. The smallest absolute Gasteiger partial charge is 0.0787 e. The minimum Gasteiger partial charge on any atom is -0.388 e. The third-order valence-electron chi connectivity index (χ3n) is 2.26. The van der Waals surface area contributed by atoms with Crippen LogP contribution in [0.5, 0.6) is 0 Å². The molecule has 1 nitrogen and oxygen atoms in total. The van der Waals surface area contributed by atoms with Crippen LogP contribution in [0.1, 0.15) is 43.9 Å². The van der Waals surface area contributed by atoms with Crippen LogP contribution in [0, 0.1) is 0 Å². The zero-order valence-corrected chi connectivity index (χ0v) is 8.46. The molecule has 1 aromatic rings. The Hall–Kier alpha value is -0.820. The van der Waals surface area contributed by atoms with Crippen molar-refractivity contribution in [2.75, 3.05) is 0 Å². The van der Waals surface area contributed by atoms with E-state index in [0.717, 1.165) is 24.8 Å². The summed E-state index contributed by atoms with van der Waals surface area (Å²) in [7, 11) is 0. The molecule has 1 N–H and O–H groups in total. The summed E-state index contributed by atoms with van der Waals surface area (Å²) in [6.07, 6.45) is 2.75. The summed E-state index contributed by atoms with van der Waals surface area (Å²) in [5.74, 6) is 0. The van der Waals surface area contributed by atoms with Crippen LogP contribution in [0.2, 0.25) is 0 Å². The minimum atomic E-state index is -0.295. The maximum atomic E-state index is 9.62. The quantitative estimate of drug-likeness (QED) is 0.751. The van der Waals surface area contributed by atoms with Gasteiger partial charge in [-0.3, -0.25) is 0 Å². The molecule has 0 saturated heterocycles. The molecule has 1 atom stereocenters. The molecular formula is C12H18O. The van der Waals surface area contributed by atoms with Gasteiger partial charge in [-0.05, 0) is 24.0 Å². The standard InChI is InChI=1S/C12H18O/c1-3-6-10-7-5-8-11(9-10)12(13)4-2/h5,7-9,12-13H,3-4,6H2,1-2H3. The number of aliphatic hydroxyl groups excluding tert-OH is 1. The summed E-state index contributed by atoms with van der Waals surface area (Å²) in [5.41, 5.74) is 2.38. The van der Waals surface area contributed by atoms with Gasteiger partial charge in [-0.25, -0.2) is 0 Å². The summed E-state index contributed by atoms with van der Waals surface area (Å²) >= 11 is 0. The molecule has 0 radical (unpaired) electrons. The van der Waals surface area contributed by atoms with E-state index in [-0.39, 0.29) is 6.10 Å². The van der Waals surface area contributed by atoms with E-state index in [2.05, 4.69) is 19.1 Å². The molecule has 0 aliphatic carbocycles. The van der Waals surface area contributed by atoms with Gasteiger partial charge >= 0.3 is 0 Å². The van der Waals surface area contributed by atoms with Gasteiger partial charge in [0.1, 0.15) is 0 Å². The molecule has 0 amide bonds. The first-order valence-corrected chi connectivity index (χ1v) is 5.04. The van der Waals surface area contributed by atoms with Crippen molar-refractivity contribution in [1.29, 1.82) is 0 Å². The first-order valence-electron chi connectivity index (χ1n) is 5.04. The summed E-state index contributed by atoms with van der Waals surface area (Å²) in [5, 5.41) is 9.62. The van der Waals surface area contributed by atoms with Gasteiger partial charge in [-0.2, -0.15) is 0 Å². The summed E-state index contributed by atoms with van der Waals surface area (Å²) in [6.45, 7) is 4.17. The zero-order valence-electron chi connectivity index (χ0n) is 8.46. The predicted molar refractivity (Wildman–Crippen MR) is 55.7 cm³/mol. The van der Waals surface area contributed by atoms with E-state index >= 15 is 0 Å². The summed E-state index contributed by atoms with van der Waals surface area (Å²) < 4.78 is 0. The van der Waals surface area contributed by atoms with E-state index in [1.807, 2.05) is 19.1 Å². The molecule has 0 saturated carbocycles. The molecule has 0 bridgehead atoms. The maximum absolute atomic E-state index is 9.62. The first-order chi connectivity index (χ1) is 6.27. The van der Waals surface area contributed by atoms with Crippen LogP contribution < -0.4 is 0 Å². The highest BCUT2D eigenvalue weighted by molar-refractivity contribution is 5.25. The lowest BCUT2D eigenvalue weighted by Gasteiger charge is -2.09. The highest BCUT2D eigenvalue weighted by Crippen LogP contribution is 2.17. The lowest BCUT2D eigenvalue weighted by Crippen LogP contribution is -1.96. The molecule has 0 aromatic heterocycles. The Balaban J connectivity index is 2.78. The second-order valence-corrected chi connectivity index (χ2v) is 3.42. The van der Waals surface area contributed by atoms with Crippen molar-refractivity contribution in [3.8, 4) is 0 Å². The fourth-order valence-electron chi connectivity index (χ4n) is 1.48. The second-order valence-electron chi connectivity index (χ2n) is 3.42. The molecule has 0 aliphatic rings. The maximum Gasteiger partial charge on any atom is 0.0787 e.